The Kier molecular flexibility index (Phi) is 6.06. The van der Waals surface area contributed by atoms with Crippen molar-refractivity contribution in [1.29, 1.82) is 0 Å². The number of aliphatic carboxylic acids is 1. The molecule has 2 aromatic carbocycles. The molecule has 0 unspecified atom stereocenters. The highest BCUT2D eigenvalue weighted by Gasteiger charge is 2.25. The summed E-state index contributed by atoms with van der Waals surface area (Å²) in [6.45, 7) is 0. The largest absolute Gasteiger partial charge is 0.481 e. The predicted molar refractivity (Wildman–Crippen MR) is 102 cm³/mol. The Morgan fingerprint density at radius 1 is 1.04 bits per heavy atom. The van der Waals surface area contributed by atoms with Gasteiger partial charge in [0.2, 0.25) is 5.91 Å². The van der Waals surface area contributed by atoms with Gasteiger partial charge in [-0.15, -0.1) is 0 Å². The average molecular weight is 370 g/mol. The minimum atomic E-state index is -0.737. The Balaban J connectivity index is 1.59. The molecular formula is C21H23FN2O3. The summed E-state index contributed by atoms with van der Waals surface area (Å²) in [5.41, 5.74) is 1.71. The molecule has 1 aliphatic carbocycles. The number of hydrogen-bond acceptors (Lipinski definition) is 3. The maximum absolute atomic E-state index is 14.1. The first-order valence-electron chi connectivity index (χ1n) is 9.14. The van der Waals surface area contributed by atoms with Gasteiger partial charge in [0, 0.05) is 11.7 Å². The van der Waals surface area contributed by atoms with Crippen molar-refractivity contribution in [3.05, 3.63) is 59.9 Å². The number of carbonyl (C=O) groups is 2. The van der Waals surface area contributed by atoms with Crippen LogP contribution in [0.3, 0.4) is 0 Å². The first kappa shape index (κ1) is 18.9. The van der Waals surface area contributed by atoms with E-state index in [-0.39, 0.29) is 30.0 Å². The summed E-state index contributed by atoms with van der Waals surface area (Å²) in [5.74, 6) is -1.78. The maximum atomic E-state index is 14.1. The normalized spacial score (nSPS) is 19.3. The molecule has 0 radical (unpaired) electrons. The van der Waals surface area contributed by atoms with Crippen molar-refractivity contribution in [3.8, 4) is 0 Å². The summed E-state index contributed by atoms with van der Waals surface area (Å²) < 4.78 is 14.1. The lowest BCUT2D eigenvalue weighted by Crippen LogP contribution is -2.29. The van der Waals surface area contributed by atoms with Gasteiger partial charge in [-0.05, 0) is 49.4 Å². The van der Waals surface area contributed by atoms with Crippen LogP contribution in [0.1, 0.15) is 31.2 Å². The summed E-state index contributed by atoms with van der Waals surface area (Å²) in [7, 11) is 0. The van der Waals surface area contributed by atoms with E-state index in [1.54, 1.807) is 12.1 Å². The van der Waals surface area contributed by atoms with E-state index in [0.29, 0.717) is 18.5 Å². The third-order valence-corrected chi connectivity index (χ3v) is 4.90. The van der Waals surface area contributed by atoms with E-state index in [4.69, 9.17) is 5.11 Å². The van der Waals surface area contributed by atoms with Gasteiger partial charge in [0.15, 0.2) is 0 Å². The third kappa shape index (κ3) is 5.29. The quantitative estimate of drug-likeness (QED) is 0.716. The molecule has 5 nitrogen and oxygen atoms in total. The van der Waals surface area contributed by atoms with Gasteiger partial charge >= 0.3 is 5.97 Å². The van der Waals surface area contributed by atoms with E-state index in [1.807, 2.05) is 30.3 Å². The molecule has 1 amide bonds. The molecule has 0 aromatic heterocycles. The fraction of sp³-hybridized carbons (Fsp3) is 0.333. The van der Waals surface area contributed by atoms with Crippen molar-refractivity contribution in [2.24, 2.45) is 5.92 Å². The topological polar surface area (TPSA) is 78.4 Å². The summed E-state index contributed by atoms with van der Waals surface area (Å²) in [6, 6.07) is 14.0. The number of nitrogens with one attached hydrogen (secondary N) is 2. The molecule has 0 heterocycles. The zero-order chi connectivity index (χ0) is 19.2. The van der Waals surface area contributed by atoms with Crippen LogP contribution in [0.25, 0.3) is 0 Å². The van der Waals surface area contributed by atoms with Crippen molar-refractivity contribution in [2.45, 2.75) is 38.1 Å². The van der Waals surface area contributed by atoms with E-state index >= 15 is 0 Å². The van der Waals surface area contributed by atoms with Crippen LogP contribution in [0.5, 0.6) is 0 Å². The number of hydrogen-bond donors (Lipinski definition) is 3. The molecule has 0 saturated heterocycles. The molecule has 0 spiro atoms. The number of rotatable bonds is 6. The zero-order valence-electron chi connectivity index (χ0n) is 15.0. The van der Waals surface area contributed by atoms with Gasteiger partial charge in [0.25, 0.3) is 0 Å². The van der Waals surface area contributed by atoms with Crippen molar-refractivity contribution in [2.75, 3.05) is 10.6 Å². The lowest BCUT2D eigenvalue weighted by molar-refractivity contribution is -0.142. The second kappa shape index (κ2) is 8.66. The number of amides is 1. The van der Waals surface area contributed by atoms with Gasteiger partial charge < -0.3 is 15.7 Å². The minimum absolute atomic E-state index is 0.139. The van der Waals surface area contributed by atoms with Crippen LogP contribution in [0.4, 0.5) is 15.8 Å². The highest BCUT2D eigenvalue weighted by molar-refractivity contribution is 5.92. The molecular weight excluding hydrogens is 347 g/mol. The monoisotopic (exact) mass is 370 g/mol. The number of carboxylic acids is 1. The van der Waals surface area contributed by atoms with Crippen molar-refractivity contribution in [1.82, 2.24) is 0 Å². The lowest BCUT2D eigenvalue weighted by Gasteiger charge is -2.27. The van der Waals surface area contributed by atoms with Crippen LogP contribution in [-0.2, 0) is 16.0 Å². The Morgan fingerprint density at radius 2 is 1.74 bits per heavy atom. The van der Waals surface area contributed by atoms with Gasteiger partial charge in [0.1, 0.15) is 5.82 Å². The van der Waals surface area contributed by atoms with Crippen LogP contribution >= 0.6 is 0 Å². The molecule has 1 fully saturated rings. The molecule has 2 aromatic rings. The molecule has 27 heavy (non-hydrogen) atoms. The molecule has 0 bridgehead atoms. The lowest BCUT2D eigenvalue weighted by atomic mass is 9.86. The second-order valence-electron chi connectivity index (χ2n) is 6.94. The fourth-order valence-corrected chi connectivity index (χ4v) is 3.41. The van der Waals surface area contributed by atoms with E-state index in [9.17, 15) is 14.0 Å². The Hall–Kier alpha value is -2.89. The SMILES string of the molecule is O=C(Cc1ccccc1)Nc1cc(NC2CCC(C(=O)O)CC2)ccc1F. The molecule has 3 N–H and O–H groups in total. The summed E-state index contributed by atoms with van der Waals surface area (Å²) in [6.07, 6.45) is 2.95. The third-order valence-electron chi connectivity index (χ3n) is 4.90. The Labute approximate surface area is 157 Å². The first-order chi connectivity index (χ1) is 13.0. The number of carboxylic acid groups (broad SMARTS) is 1. The molecule has 6 heteroatoms. The molecule has 0 atom stereocenters. The van der Waals surface area contributed by atoms with E-state index < -0.39 is 11.8 Å². The average Bonchev–Trinajstić information content (AvgIpc) is 2.65. The van der Waals surface area contributed by atoms with Crippen LogP contribution in [-0.4, -0.2) is 23.0 Å². The van der Waals surface area contributed by atoms with Gasteiger partial charge in [-0.2, -0.15) is 0 Å². The minimum Gasteiger partial charge on any atom is -0.481 e. The van der Waals surface area contributed by atoms with Gasteiger partial charge in [-0.25, -0.2) is 4.39 Å². The van der Waals surface area contributed by atoms with E-state index in [2.05, 4.69) is 10.6 Å². The molecule has 0 aliphatic heterocycles. The smallest absolute Gasteiger partial charge is 0.306 e. The van der Waals surface area contributed by atoms with E-state index in [1.165, 1.54) is 6.07 Å². The summed E-state index contributed by atoms with van der Waals surface area (Å²) in [4.78, 5) is 23.2. The van der Waals surface area contributed by atoms with Crippen LogP contribution < -0.4 is 10.6 Å². The Morgan fingerprint density at radius 3 is 2.41 bits per heavy atom. The highest BCUT2D eigenvalue weighted by atomic mass is 19.1. The number of benzene rings is 2. The molecule has 1 saturated carbocycles. The van der Waals surface area contributed by atoms with Crippen LogP contribution in [0, 0.1) is 11.7 Å². The molecule has 142 valence electrons. The zero-order valence-corrected chi connectivity index (χ0v) is 15.0. The maximum Gasteiger partial charge on any atom is 0.306 e. The summed E-state index contributed by atoms with van der Waals surface area (Å²) in [5, 5.41) is 15.0. The number of halogens is 1. The summed E-state index contributed by atoms with van der Waals surface area (Å²) >= 11 is 0. The van der Waals surface area contributed by atoms with Crippen molar-refractivity contribution in [3.63, 3.8) is 0 Å². The molecule has 3 rings (SSSR count). The van der Waals surface area contributed by atoms with Crippen molar-refractivity contribution >= 4 is 23.3 Å². The standard InChI is InChI=1S/C21H23FN2O3/c22-18-11-10-17(23-16-8-6-15(7-9-16)21(26)27)13-19(18)24-20(25)12-14-4-2-1-3-5-14/h1-5,10-11,13,15-16,23H,6-9,12H2,(H,24,25)(H,26,27). The van der Waals surface area contributed by atoms with Crippen LogP contribution in [0.15, 0.2) is 48.5 Å². The van der Waals surface area contributed by atoms with Gasteiger partial charge in [-0.3, -0.25) is 9.59 Å². The second-order valence-corrected chi connectivity index (χ2v) is 6.94. The van der Waals surface area contributed by atoms with Crippen LogP contribution in [0.2, 0.25) is 0 Å². The number of anilines is 2. The Bertz CT molecular complexity index is 802. The van der Waals surface area contributed by atoms with Crippen molar-refractivity contribution < 1.29 is 19.1 Å². The highest BCUT2D eigenvalue weighted by Crippen LogP contribution is 2.28. The van der Waals surface area contributed by atoms with Gasteiger partial charge in [-0.1, -0.05) is 30.3 Å². The predicted octanol–water partition coefficient (Wildman–Crippen LogP) is 4.06. The van der Waals surface area contributed by atoms with E-state index in [0.717, 1.165) is 18.4 Å². The fourth-order valence-electron chi connectivity index (χ4n) is 3.41. The molecule has 1 aliphatic rings. The van der Waals surface area contributed by atoms with Gasteiger partial charge in [0.05, 0.1) is 18.0 Å². The number of carbonyl (C=O) groups excluding carboxylic acids is 1. The first-order valence-corrected chi connectivity index (χ1v) is 9.14.